The first-order valence-corrected chi connectivity index (χ1v) is 3.12. The average molecular weight is 110 g/mol. The van der Waals surface area contributed by atoms with Gasteiger partial charge in [0.15, 0.2) is 0 Å². The zero-order chi connectivity index (χ0) is 5.21. The molecule has 4 heteroatoms. The second kappa shape index (κ2) is 1.68. The summed E-state index contributed by atoms with van der Waals surface area (Å²) in [5.74, 6) is -0.201. The van der Waals surface area contributed by atoms with Crippen molar-refractivity contribution in [2.45, 2.75) is 6.92 Å². The van der Waals surface area contributed by atoms with Gasteiger partial charge in [0.05, 0.1) is 0 Å². The molecule has 1 unspecified atom stereocenters. The predicted octanol–water partition coefficient (Wildman–Crippen LogP) is -0.106. The van der Waals surface area contributed by atoms with Gasteiger partial charge in [0, 0.05) is 5.75 Å². The van der Waals surface area contributed by atoms with E-state index < -0.39 is 10.5 Å². The van der Waals surface area contributed by atoms with Crippen molar-refractivity contribution in [2.24, 2.45) is 0 Å². The lowest BCUT2D eigenvalue weighted by Gasteiger charge is -2.14. The molecular weight excluding hydrogens is 104 g/mol. The van der Waals surface area contributed by atoms with E-state index in [4.69, 9.17) is 4.55 Å². The van der Waals surface area contributed by atoms with E-state index in [9.17, 15) is 8.76 Å². The van der Waals surface area contributed by atoms with Crippen molar-refractivity contribution in [3.8, 4) is 0 Å². The Morgan fingerprint density at radius 3 is 2.17 bits per heavy atom. The topological polar surface area (TPSA) is 60.4 Å². The van der Waals surface area contributed by atoms with Crippen molar-refractivity contribution in [1.82, 2.24) is 0 Å². The van der Waals surface area contributed by atoms with E-state index >= 15 is 0 Å². The number of hydrogen-bond acceptors (Lipinski definition) is 2. The first-order chi connectivity index (χ1) is 2.56. The molecule has 0 rings (SSSR count). The van der Waals surface area contributed by atoms with Crippen LogP contribution in [0.25, 0.3) is 0 Å². The van der Waals surface area contributed by atoms with E-state index in [0.717, 1.165) is 0 Å². The van der Waals surface area contributed by atoms with Crippen molar-refractivity contribution in [3.63, 3.8) is 0 Å². The summed E-state index contributed by atoms with van der Waals surface area (Å²) in [5, 5.41) is 0. The van der Waals surface area contributed by atoms with Gasteiger partial charge in [0.1, 0.15) is 0 Å². The fourth-order valence-electron chi connectivity index (χ4n) is 0. The third kappa shape index (κ3) is 4.07. The second-order valence-corrected chi connectivity index (χ2v) is 2.61. The Morgan fingerprint density at radius 1 is 2.00 bits per heavy atom. The van der Waals surface area contributed by atoms with Crippen LogP contribution < -0.4 is 0 Å². The predicted molar refractivity (Wildman–Crippen MR) is 22.1 cm³/mol. The van der Waals surface area contributed by atoms with E-state index in [1.54, 1.807) is 0 Å². The summed E-state index contributed by atoms with van der Waals surface area (Å²) < 4.78 is 26.9. The molecule has 0 bridgehead atoms. The summed E-state index contributed by atoms with van der Waals surface area (Å²) in [4.78, 5) is 0. The Bertz CT molecular complexity index is 72.9. The van der Waals surface area contributed by atoms with Gasteiger partial charge in [-0.25, -0.2) is 0 Å². The molecule has 0 heterocycles. The molecule has 0 aliphatic carbocycles. The van der Waals surface area contributed by atoms with E-state index in [0.29, 0.717) is 0 Å². The number of rotatable bonds is 1. The van der Waals surface area contributed by atoms with Crippen LogP contribution in [0, 0.1) is 0 Å². The molecule has 0 saturated carbocycles. The van der Waals surface area contributed by atoms with Crippen LogP contribution in [0.1, 0.15) is 6.92 Å². The first-order valence-electron chi connectivity index (χ1n) is 1.51. The quantitative estimate of drug-likeness (QED) is 0.512. The molecule has 0 aliphatic rings. The lowest BCUT2D eigenvalue weighted by molar-refractivity contribution is 0.408. The second-order valence-electron chi connectivity index (χ2n) is 0.871. The van der Waals surface area contributed by atoms with Gasteiger partial charge in [-0.05, 0) is 10.5 Å². The van der Waals surface area contributed by atoms with Crippen LogP contribution in [0.2, 0.25) is 0 Å². The zero-order valence-corrected chi connectivity index (χ0v) is 4.20. The van der Waals surface area contributed by atoms with Gasteiger partial charge in [-0.3, -0.25) is 4.21 Å². The molecule has 1 radical (unpaired) electrons. The maximum absolute atomic E-state index is 9.56. The fraction of sp³-hybridized carbons (Fsp3) is 1.00. The van der Waals surface area contributed by atoms with Crippen molar-refractivity contribution < 1.29 is 13.3 Å². The zero-order valence-electron chi connectivity index (χ0n) is 3.38. The molecule has 0 saturated heterocycles. The molecular formula is C2H6O3S-. The molecule has 0 amide bonds. The number of hydrogen-bond donors (Lipinski definition) is 1. The van der Waals surface area contributed by atoms with E-state index in [2.05, 4.69) is 0 Å². The van der Waals surface area contributed by atoms with Crippen LogP contribution in [0.5, 0.6) is 0 Å². The van der Waals surface area contributed by atoms with Gasteiger partial charge in [-0.2, -0.15) is 0 Å². The van der Waals surface area contributed by atoms with Gasteiger partial charge in [-0.15, -0.1) is 0 Å². The SMILES string of the molecule is CC[S](=O)([O-])O. The fourth-order valence-corrected chi connectivity index (χ4v) is 0. The van der Waals surface area contributed by atoms with Gasteiger partial charge in [-0.1, -0.05) is 6.92 Å². The third-order valence-corrected chi connectivity index (χ3v) is 1.09. The smallest absolute Gasteiger partial charge is 0.0207 e. The summed E-state index contributed by atoms with van der Waals surface area (Å²) in [6.45, 7) is 1.37. The average Bonchev–Trinajstić information content (AvgIpc) is 1.35. The maximum Gasteiger partial charge on any atom is 0.0207 e. The molecule has 0 spiro atoms. The van der Waals surface area contributed by atoms with Crippen LogP contribution in [0.4, 0.5) is 0 Å². The van der Waals surface area contributed by atoms with Gasteiger partial charge < -0.3 is 9.11 Å². The minimum absolute atomic E-state index is 0.201. The van der Waals surface area contributed by atoms with Gasteiger partial charge in [0.2, 0.25) is 0 Å². The Morgan fingerprint density at radius 2 is 2.17 bits per heavy atom. The van der Waals surface area contributed by atoms with Crippen LogP contribution >= 0.6 is 0 Å². The lowest BCUT2D eigenvalue weighted by Crippen LogP contribution is -2.10. The molecule has 39 valence electrons. The van der Waals surface area contributed by atoms with E-state index in [1.165, 1.54) is 6.92 Å². The highest BCUT2D eigenvalue weighted by molar-refractivity contribution is 7.92. The molecule has 3 nitrogen and oxygen atoms in total. The minimum atomic E-state index is -3.66. The molecule has 0 aromatic carbocycles. The molecule has 1 N–H and O–H groups in total. The summed E-state index contributed by atoms with van der Waals surface area (Å²) in [6, 6.07) is 0. The summed E-state index contributed by atoms with van der Waals surface area (Å²) in [5.41, 5.74) is 0. The van der Waals surface area contributed by atoms with Crippen molar-refractivity contribution >= 4 is 10.5 Å². The maximum atomic E-state index is 9.56. The van der Waals surface area contributed by atoms with Gasteiger partial charge in [0.25, 0.3) is 0 Å². The Balaban J connectivity index is 3.48. The van der Waals surface area contributed by atoms with Crippen LogP contribution in [-0.2, 0) is 10.5 Å². The van der Waals surface area contributed by atoms with Crippen LogP contribution in [-0.4, -0.2) is 19.1 Å². The standard InChI is InChI=1S/C2H6O3S/c1-2-6(3,4)5/h2H2,1H3,(H-,3,4,5)/q-1. The highest BCUT2D eigenvalue weighted by Crippen LogP contribution is 1.84. The lowest BCUT2D eigenvalue weighted by atomic mass is 11.0. The van der Waals surface area contributed by atoms with Crippen LogP contribution in [0.3, 0.4) is 0 Å². The summed E-state index contributed by atoms with van der Waals surface area (Å²) in [6.07, 6.45) is 0. The molecule has 1 atom stereocenters. The molecule has 0 aromatic rings. The largest absolute Gasteiger partial charge is 0.760 e. The van der Waals surface area contributed by atoms with Gasteiger partial charge >= 0.3 is 0 Å². The summed E-state index contributed by atoms with van der Waals surface area (Å²) in [7, 11) is -3.66. The first kappa shape index (κ1) is 6.07. The molecule has 0 aliphatic heterocycles. The van der Waals surface area contributed by atoms with E-state index in [1.807, 2.05) is 0 Å². The molecule has 6 heavy (non-hydrogen) atoms. The third-order valence-electron chi connectivity index (χ3n) is 0.365. The van der Waals surface area contributed by atoms with Crippen LogP contribution in [0.15, 0.2) is 0 Å². The minimum Gasteiger partial charge on any atom is -0.760 e. The van der Waals surface area contributed by atoms with E-state index in [-0.39, 0.29) is 5.75 Å². The van der Waals surface area contributed by atoms with Crippen molar-refractivity contribution in [1.29, 1.82) is 0 Å². The Hall–Kier alpha value is 0.0700. The highest BCUT2D eigenvalue weighted by atomic mass is 32.3. The Labute approximate surface area is 37.5 Å². The molecule has 0 aromatic heterocycles. The Kier molecular flexibility index (Phi) is 1.70. The highest BCUT2D eigenvalue weighted by Gasteiger charge is 1.85. The summed E-state index contributed by atoms with van der Waals surface area (Å²) >= 11 is 0. The van der Waals surface area contributed by atoms with Crippen molar-refractivity contribution in [2.75, 3.05) is 5.75 Å². The monoisotopic (exact) mass is 110 g/mol. The normalized spacial score (nSPS) is 19.8. The molecule has 0 fully saturated rings. The van der Waals surface area contributed by atoms with Crippen molar-refractivity contribution in [3.05, 3.63) is 0 Å².